The summed E-state index contributed by atoms with van der Waals surface area (Å²) in [6.07, 6.45) is 0. The Hall–Kier alpha value is -2.91. The minimum absolute atomic E-state index is 0.0493. The third kappa shape index (κ3) is 5.05. The van der Waals surface area contributed by atoms with Crippen LogP contribution in [0.3, 0.4) is 0 Å². The zero-order chi connectivity index (χ0) is 20.0. The lowest BCUT2D eigenvalue weighted by Crippen LogP contribution is -2.38. The molecule has 0 fully saturated rings. The molecule has 9 nitrogen and oxygen atoms in total. The molecule has 1 aromatic carbocycles. The maximum absolute atomic E-state index is 12.2. The first-order valence-electron chi connectivity index (χ1n) is 8.17. The Balaban J connectivity index is 2.28. The SMILES string of the molecule is COC(=O)C1=C(C(=O)OC)N(c2ccc(NC(=O)CN(C)C)cc2)COC1. The number of hydrogen-bond donors (Lipinski definition) is 1. The monoisotopic (exact) mass is 377 g/mol. The molecule has 1 aromatic rings. The van der Waals surface area contributed by atoms with Gasteiger partial charge < -0.3 is 29.3 Å². The van der Waals surface area contributed by atoms with Gasteiger partial charge in [0.25, 0.3) is 0 Å². The van der Waals surface area contributed by atoms with Crippen LogP contribution in [0.2, 0.25) is 0 Å². The summed E-state index contributed by atoms with van der Waals surface area (Å²) in [6, 6.07) is 6.81. The summed E-state index contributed by atoms with van der Waals surface area (Å²) in [4.78, 5) is 39.4. The minimum atomic E-state index is -0.665. The fraction of sp³-hybridized carbons (Fsp3) is 0.389. The number of rotatable bonds is 6. The number of anilines is 2. The molecule has 0 spiro atoms. The van der Waals surface area contributed by atoms with Gasteiger partial charge in [-0.25, -0.2) is 9.59 Å². The molecular weight excluding hydrogens is 354 g/mol. The minimum Gasteiger partial charge on any atom is -0.466 e. The summed E-state index contributed by atoms with van der Waals surface area (Å²) in [5.41, 5.74) is 1.36. The van der Waals surface area contributed by atoms with Crippen LogP contribution in [0, 0.1) is 0 Å². The summed E-state index contributed by atoms with van der Waals surface area (Å²) in [7, 11) is 6.08. The first-order chi connectivity index (χ1) is 12.9. The van der Waals surface area contributed by atoms with E-state index < -0.39 is 11.9 Å². The van der Waals surface area contributed by atoms with Crippen LogP contribution in [-0.4, -0.2) is 70.9 Å². The van der Waals surface area contributed by atoms with Gasteiger partial charge in [-0.2, -0.15) is 0 Å². The number of hydrogen-bond acceptors (Lipinski definition) is 8. The maximum atomic E-state index is 12.2. The highest BCUT2D eigenvalue weighted by molar-refractivity contribution is 6.03. The van der Waals surface area contributed by atoms with Crippen molar-refractivity contribution in [1.29, 1.82) is 0 Å². The number of benzene rings is 1. The fourth-order valence-corrected chi connectivity index (χ4v) is 2.56. The normalized spacial score (nSPS) is 14.2. The lowest BCUT2D eigenvalue weighted by Gasteiger charge is -2.31. The van der Waals surface area contributed by atoms with Gasteiger partial charge >= 0.3 is 11.9 Å². The van der Waals surface area contributed by atoms with Crippen LogP contribution in [-0.2, 0) is 28.6 Å². The summed E-state index contributed by atoms with van der Waals surface area (Å²) in [5, 5.41) is 2.78. The van der Waals surface area contributed by atoms with E-state index in [9.17, 15) is 14.4 Å². The predicted molar refractivity (Wildman–Crippen MR) is 98.0 cm³/mol. The van der Waals surface area contributed by atoms with Crippen LogP contribution >= 0.6 is 0 Å². The molecule has 0 aromatic heterocycles. The summed E-state index contributed by atoms with van der Waals surface area (Å²) in [5.74, 6) is -1.47. The Morgan fingerprint density at radius 3 is 2.30 bits per heavy atom. The molecule has 0 unspecified atom stereocenters. The van der Waals surface area contributed by atoms with Gasteiger partial charge in [0, 0.05) is 11.4 Å². The van der Waals surface area contributed by atoms with E-state index in [1.54, 1.807) is 43.3 Å². The van der Waals surface area contributed by atoms with Crippen LogP contribution in [0.1, 0.15) is 0 Å². The van der Waals surface area contributed by atoms with Gasteiger partial charge in [0.15, 0.2) is 0 Å². The number of nitrogens with zero attached hydrogens (tertiary/aromatic N) is 2. The largest absolute Gasteiger partial charge is 0.466 e. The zero-order valence-electron chi connectivity index (χ0n) is 15.8. The third-order valence-corrected chi connectivity index (χ3v) is 3.76. The molecule has 1 aliphatic rings. The standard InChI is InChI=1S/C18H23N3O6/c1-20(2)9-15(22)19-12-5-7-13(8-6-12)21-11-27-10-14(17(23)25-3)16(21)18(24)26-4/h5-8H,9-11H2,1-4H3,(H,19,22). The predicted octanol–water partition coefficient (Wildman–Crippen LogP) is 0.581. The van der Waals surface area contributed by atoms with Crippen LogP contribution in [0.4, 0.5) is 11.4 Å². The number of methoxy groups -OCH3 is 2. The van der Waals surface area contributed by atoms with Crippen LogP contribution < -0.4 is 10.2 Å². The molecule has 2 rings (SSSR count). The Bertz CT molecular complexity index is 742. The molecule has 1 aliphatic heterocycles. The molecule has 1 heterocycles. The molecule has 0 saturated heterocycles. The summed E-state index contributed by atoms with van der Waals surface area (Å²) >= 11 is 0. The summed E-state index contributed by atoms with van der Waals surface area (Å²) < 4.78 is 15.0. The van der Waals surface area contributed by atoms with E-state index in [4.69, 9.17) is 14.2 Å². The van der Waals surface area contributed by atoms with Crippen LogP contribution in [0.15, 0.2) is 35.5 Å². The van der Waals surface area contributed by atoms with Crippen molar-refractivity contribution >= 4 is 29.2 Å². The highest BCUT2D eigenvalue weighted by atomic mass is 16.5. The molecule has 0 atom stereocenters. The van der Waals surface area contributed by atoms with Gasteiger partial charge in [-0.1, -0.05) is 0 Å². The lowest BCUT2D eigenvalue weighted by molar-refractivity contribution is -0.140. The van der Waals surface area contributed by atoms with Crippen molar-refractivity contribution in [2.24, 2.45) is 0 Å². The van der Waals surface area contributed by atoms with Gasteiger partial charge in [0.05, 0.1) is 32.9 Å². The maximum Gasteiger partial charge on any atom is 0.355 e. The van der Waals surface area contributed by atoms with Gasteiger partial charge in [-0.3, -0.25) is 4.79 Å². The van der Waals surface area contributed by atoms with Gasteiger partial charge in [-0.15, -0.1) is 0 Å². The Labute approximate surface area is 157 Å². The Morgan fingerprint density at radius 1 is 1.11 bits per heavy atom. The van der Waals surface area contributed by atoms with Gasteiger partial charge in [0.2, 0.25) is 5.91 Å². The second kappa shape index (κ2) is 9.15. The molecule has 0 saturated carbocycles. The fourth-order valence-electron chi connectivity index (χ4n) is 2.56. The van der Waals surface area contributed by atoms with Crippen LogP contribution in [0.25, 0.3) is 0 Å². The van der Waals surface area contributed by atoms with Gasteiger partial charge in [-0.05, 0) is 38.4 Å². The Kier molecular flexibility index (Phi) is 6.91. The van der Waals surface area contributed by atoms with Crippen molar-refractivity contribution in [3.8, 4) is 0 Å². The molecule has 146 valence electrons. The van der Waals surface area contributed by atoms with E-state index in [1.807, 2.05) is 0 Å². The van der Waals surface area contributed by atoms with Gasteiger partial charge in [0.1, 0.15) is 12.4 Å². The van der Waals surface area contributed by atoms with Crippen molar-refractivity contribution in [1.82, 2.24) is 4.90 Å². The second-order valence-corrected chi connectivity index (χ2v) is 6.05. The first kappa shape index (κ1) is 20.4. The van der Waals surface area contributed by atoms with Crippen molar-refractivity contribution in [2.75, 3.05) is 58.4 Å². The first-order valence-corrected chi connectivity index (χ1v) is 8.17. The molecule has 0 aliphatic carbocycles. The van der Waals surface area contributed by atoms with Crippen molar-refractivity contribution < 1.29 is 28.6 Å². The number of nitrogens with one attached hydrogen (secondary N) is 1. The third-order valence-electron chi connectivity index (χ3n) is 3.76. The average Bonchev–Trinajstić information content (AvgIpc) is 2.66. The number of carbonyl (C=O) groups excluding carboxylic acids is 3. The van der Waals surface area contributed by atoms with E-state index in [1.165, 1.54) is 19.1 Å². The molecule has 27 heavy (non-hydrogen) atoms. The van der Waals surface area contributed by atoms with Crippen LogP contribution in [0.5, 0.6) is 0 Å². The summed E-state index contributed by atoms with van der Waals surface area (Å²) in [6.45, 7) is 0.281. The number of esters is 2. The number of amides is 1. The molecule has 1 amide bonds. The molecule has 0 radical (unpaired) electrons. The topological polar surface area (TPSA) is 97.4 Å². The Morgan fingerprint density at radius 2 is 1.74 bits per heavy atom. The highest BCUT2D eigenvalue weighted by Gasteiger charge is 2.32. The van der Waals surface area contributed by atoms with Crippen molar-refractivity contribution in [2.45, 2.75) is 0 Å². The lowest BCUT2D eigenvalue weighted by atomic mass is 10.1. The highest BCUT2D eigenvalue weighted by Crippen LogP contribution is 2.27. The van der Waals surface area contributed by atoms with E-state index in [-0.39, 0.29) is 37.1 Å². The number of ether oxygens (including phenoxy) is 3. The second-order valence-electron chi connectivity index (χ2n) is 6.05. The molecule has 0 bridgehead atoms. The average molecular weight is 377 g/mol. The van der Waals surface area contributed by atoms with Crippen molar-refractivity contribution in [3.63, 3.8) is 0 Å². The quantitative estimate of drug-likeness (QED) is 0.719. The molecule has 9 heteroatoms. The molecule has 1 N–H and O–H groups in total. The number of likely N-dealkylation sites (N-methyl/N-ethyl adjacent to an activating group) is 1. The van der Waals surface area contributed by atoms with E-state index in [0.717, 1.165) is 0 Å². The van der Waals surface area contributed by atoms with Crippen molar-refractivity contribution in [3.05, 3.63) is 35.5 Å². The zero-order valence-corrected chi connectivity index (χ0v) is 15.8. The number of carbonyl (C=O) groups is 3. The van der Waals surface area contributed by atoms with E-state index >= 15 is 0 Å². The van der Waals surface area contributed by atoms with E-state index in [2.05, 4.69) is 5.32 Å². The van der Waals surface area contributed by atoms with E-state index in [0.29, 0.717) is 11.4 Å². The molecular formula is C18H23N3O6. The smallest absolute Gasteiger partial charge is 0.355 e.